The molecule has 9 heteroatoms. The SMILES string of the molecule is Cc1ccc(S(=O)(=O)Nc2ccccc2NC(=O)NC2=CC(=O)OC2)cc1. The van der Waals surface area contributed by atoms with Crippen LogP contribution in [0.4, 0.5) is 16.2 Å². The number of sulfonamides is 1. The summed E-state index contributed by atoms with van der Waals surface area (Å²) in [6.45, 7) is 1.84. The summed E-state index contributed by atoms with van der Waals surface area (Å²) >= 11 is 0. The van der Waals surface area contributed by atoms with Gasteiger partial charge in [-0.2, -0.15) is 0 Å². The molecule has 0 radical (unpaired) electrons. The van der Waals surface area contributed by atoms with Crippen molar-refractivity contribution in [3.05, 3.63) is 65.9 Å². The molecule has 1 aliphatic heterocycles. The molecular formula is C18H17N3O5S. The Morgan fingerprint density at radius 1 is 1.00 bits per heavy atom. The van der Waals surface area contributed by atoms with Crippen molar-refractivity contribution in [1.29, 1.82) is 0 Å². The van der Waals surface area contributed by atoms with E-state index in [4.69, 9.17) is 4.74 Å². The second-order valence-electron chi connectivity index (χ2n) is 5.82. The number of urea groups is 1. The summed E-state index contributed by atoms with van der Waals surface area (Å²) in [6, 6.07) is 12.2. The predicted octanol–water partition coefficient (Wildman–Crippen LogP) is 2.36. The highest BCUT2D eigenvalue weighted by molar-refractivity contribution is 7.92. The number of rotatable bonds is 5. The van der Waals surface area contributed by atoms with Crippen LogP contribution in [0.25, 0.3) is 0 Å². The lowest BCUT2D eigenvalue weighted by Gasteiger charge is -2.14. The molecule has 2 aromatic carbocycles. The molecule has 1 heterocycles. The van der Waals surface area contributed by atoms with Crippen molar-refractivity contribution < 1.29 is 22.7 Å². The van der Waals surface area contributed by atoms with Crippen LogP contribution in [0.2, 0.25) is 0 Å². The number of esters is 1. The zero-order chi connectivity index (χ0) is 19.4. The molecule has 3 rings (SSSR count). The number of ether oxygens (including phenoxy) is 1. The average Bonchev–Trinajstić information content (AvgIpc) is 3.01. The average molecular weight is 387 g/mol. The summed E-state index contributed by atoms with van der Waals surface area (Å²) in [5, 5.41) is 5.02. The van der Waals surface area contributed by atoms with Crippen molar-refractivity contribution in [1.82, 2.24) is 5.32 Å². The van der Waals surface area contributed by atoms with Crippen LogP contribution in [0.5, 0.6) is 0 Å². The molecule has 0 spiro atoms. The summed E-state index contributed by atoms with van der Waals surface area (Å²) in [6.07, 6.45) is 1.17. The fourth-order valence-corrected chi connectivity index (χ4v) is 3.43. The van der Waals surface area contributed by atoms with Gasteiger partial charge in [-0.25, -0.2) is 18.0 Å². The van der Waals surface area contributed by atoms with E-state index >= 15 is 0 Å². The number of anilines is 2. The minimum absolute atomic E-state index is 0.0199. The van der Waals surface area contributed by atoms with E-state index in [0.29, 0.717) is 5.70 Å². The van der Waals surface area contributed by atoms with E-state index in [1.807, 2.05) is 6.92 Å². The summed E-state index contributed by atoms with van der Waals surface area (Å²) in [5.74, 6) is -0.531. The largest absolute Gasteiger partial charge is 0.456 e. The predicted molar refractivity (Wildman–Crippen MR) is 99.6 cm³/mol. The molecule has 0 saturated carbocycles. The Balaban J connectivity index is 1.75. The van der Waals surface area contributed by atoms with Crippen LogP contribution in [0.1, 0.15) is 5.56 Å². The first-order valence-corrected chi connectivity index (χ1v) is 9.46. The maximum absolute atomic E-state index is 12.6. The van der Waals surface area contributed by atoms with E-state index in [-0.39, 0.29) is 22.9 Å². The number of para-hydroxylation sites is 2. The normalized spacial score (nSPS) is 13.5. The third kappa shape index (κ3) is 4.64. The second kappa shape index (κ2) is 7.50. The molecule has 0 aliphatic carbocycles. The molecule has 3 N–H and O–H groups in total. The summed E-state index contributed by atoms with van der Waals surface area (Å²) in [5.41, 5.74) is 1.73. The van der Waals surface area contributed by atoms with Gasteiger partial charge in [-0.1, -0.05) is 29.8 Å². The highest BCUT2D eigenvalue weighted by Crippen LogP contribution is 2.24. The minimum Gasteiger partial charge on any atom is -0.456 e. The van der Waals surface area contributed by atoms with Gasteiger partial charge < -0.3 is 15.4 Å². The Kier molecular flexibility index (Phi) is 5.13. The molecule has 2 aromatic rings. The van der Waals surface area contributed by atoms with Crippen LogP contribution in [0.3, 0.4) is 0 Å². The number of nitrogens with one attached hydrogen (secondary N) is 3. The number of hydrogen-bond acceptors (Lipinski definition) is 5. The lowest BCUT2D eigenvalue weighted by Crippen LogP contribution is -2.29. The number of aryl methyl sites for hydroxylation is 1. The fraction of sp³-hybridized carbons (Fsp3) is 0.111. The molecule has 0 aromatic heterocycles. The van der Waals surface area contributed by atoms with E-state index in [2.05, 4.69) is 15.4 Å². The Bertz CT molecular complexity index is 1010. The lowest BCUT2D eigenvalue weighted by atomic mass is 10.2. The van der Waals surface area contributed by atoms with Crippen LogP contribution >= 0.6 is 0 Å². The Morgan fingerprint density at radius 3 is 2.30 bits per heavy atom. The lowest BCUT2D eigenvalue weighted by molar-refractivity contribution is -0.134. The van der Waals surface area contributed by atoms with Gasteiger partial charge in [0.2, 0.25) is 0 Å². The summed E-state index contributed by atoms with van der Waals surface area (Å²) < 4.78 is 32.3. The number of carbonyl (C=O) groups excluding carboxylic acids is 2. The highest BCUT2D eigenvalue weighted by Gasteiger charge is 2.18. The van der Waals surface area contributed by atoms with Gasteiger partial charge in [-0.05, 0) is 31.2 Å². The minimum atomic E-state index is -3.82. The first kappa shape index (κ1) is 18.5. The van der Waals surface area contributed by atoms with Crippen molar-refractivity contribution in [2.45, 2.75) is 11.8 Å². The molecule has 0 saturated heterocycles. The summed E-state index contributed by atoms with van der Waals surface area (Å²) in [7, 11) is -3.82. The maximum Gasteiger partial charge on any atom is 0.333 e. The third-order valence-corrected chi connectivity index (χ3v) is 5.07. The van der Waals surface area contributed by atoms with Gasteiger partial charge in [0.1, 0.15) is 6.61 Å². The molecule has 140 valence electrons. The molecule has 0 unspecified atom stereocenters. The second-order valence-corrected chi connectivity index (χ2v) is 7.50. The zero-order valence-electron chi connectivity index (χ0n) is 14.4. The monoisotopic (exact) mass is 387 g/mol. The van der Waals surface area contributed by atoms with Gasteiger partial charge in [-0.3, -0.25) is 4.72 Å². The van der Waals surface area contributed by atoms with Crippen molar-refractivity contribution in [3.63, 3.8) is 0 Å². The molecule has 8 nitrogen and oxygen atoms in total. The van der Waals surface area contributed by atoms with E-state index in [0.717, 1.165) is 5.56 Å². The Labute approximate surface area is 156 Å². The fourth-order valence-electron chi connectivity index (χ4n) is 2.35. The van der Waals surface area contributed by atoms with Crippen LogP contribution in [-0.2, 0) is 19.6 Å². The Hall–Kier alpha value is -3.33. The van der Waals surface area contributed by atoms with Crippen LogP contribution < -0.4 is 15.4 Å². The quantitative estimate of drug-likeness (QED) is 0.682. The van der Waals surface area contributed by atoms with Crippen molar-refractivity contribution in [2.24, 2.45) is 0 Å². The van der Waals surface area contributed by atoms with Gasteiger partial charge in [0.25, 0.3) is 10.0 Å². The maximum atomic E-state index is 12.6. The van der Waals surface area contributed by atoms with Gasteiger partial charge in [0, 0.05) is 6.08 Å². The highest BCUT2D eigenvalue weighted by atomic mass is 32.2. The van der Waals surface area contributed by atoms with Crippen molar-refractivity contribution in [2.75, 3.05) is 16.6 Å². The van der Waals surface area contributed by atoms with Crippen LogP contribution in [0.15, 0.2) is 65.2 Å². The number of cyclic esters (lactones) is 1. The van der Waals surface area contributed by atoms with E-state index in [1.54, 1.807) is 30.3 Å². The standard InChI is InChI=1S/C18H17N3O5S/c1-12-6-8-14(9-7-12)27(24,25)21-16-5-3-2-4-15(16)20-18(23)19-13-10-17(22)26-11-13/h2-10,21H,11H2,1H3,(H2,19,20,23). The van der Waals surface area contributed by atoms with Gasteiger partial charge in [0.15, 0.2) is 0 Å². The van der Waals surface area contributed by atoms with Gasteiger partial charge in [0.05, 0.1) is 22.0 Å². The number of carbonyl (C=O) groups is 2. The summed E-state index contributed by atoms with van der Waals surface area (Å²) in [4.78, 5) is 23.2. The third-order valence-electron chi connectivity index (χ3n) is 3.69. The molecule has 0 bridgehead atoms. The Morgan fingerprint density at radius 2 is 1.67 bits per heavy atom. The van der Waals surface area contributed by atoms with E-state index in [9.17, 15) is 18.0 Å². The van der Waals surface area contributed by atoms with Crippen molar-refractivity contribution >= 4 is 33.4 Å². The first-order chi connectivity index (χ1) is 12.8. The van der Waals surface area contributed by atoms with Gasteiger partial charge in [-0.15, -0.1) is 0 Å². The smallest absolute Gasteiger partial charge is 0.333 e. The molecule has 0 atom stereocenters. The molecular weight excluding hydrogens is 370 g/mol. The first-order valence-electron chi connectivity index (χ1n) is 7.97. The molecule has 1 aliphatic rings. The topological polar surface area (TPSA) is 114 Å². The molecule has 0 fully saturated rings. The van der Waals surface area contributed by atoms with Gasteiger partial charge >= 0.3 is 12.0 Å². The van der Waals surface area contributed by atoms with Crippen LogP contribution in [0, 0.1) is 6.92 Å². The zero-order valence-corrected chi connectivity index (χ0v) is 15.2. The van der Waals surface area contributed by atoms with Crippen LogP contribution in [-0.4, -0.2) is 27.0 Å². The number of amides is 2. The van der Waals surface area contributed by atoms with Crippen molar-refractivity contribution in [3.8, 4) is 0 Å². The van der Waals surface area contributed by atoms with E-state index < -0.39 is 22.0 Å². The number of hydrogen-bond donors (Lipinski definition) is 3. The van der Waals surface area contributed by atoms with E-state index in [1.165, 1.54) is 24.3 Å². The molecule has 2 amide bonds. The molecule has 27 heavy (non-hydrogen) atoms. The number of benzene rings is 2.